The van der Waals surface area contributed by atoms with Crippen molar-refractivity contribution in [1.29, 1.82) is 0 Å². The molecule has 0 fully saturated rings. The minimum absolute atomic E-state index is 0.0198. The summed E-state index contributed by atoms with van der Waals surface area (Å²) in [6.07, 6.45) is 1.56. The molecule has 33 heavy (non-hydrogen) atoms. The molecule has 0 aliphatic carbocycles. The van der Waals surface area contributed by atoms with Gasteiger partial charge in [0, 0.05) is 12.6 Å². The van der Waals surface area contributed by atoms with E-state index in [0.29, 0.717) is 36.1 Å². The first-order chi connectivity index (χ1) is 16.0. The summed E-state index contributed by atoms with van der Waals surface area (Å²) in [6.45, 7) is 10.7. The Morgan fingerprint density at radius 2 is 1.94 bits per heavy atom. The van der Waals surface area contributed by atoms with E-state index in [1.807, 2.05) is 32.0 Å². The minimum Gasteiger partial charge on any atom is -0.497 e. The van der Waals surface area contributed by atoms with Crippen molar-refractivity contribution in [1.82, 2.24) is 30.2 Å². The summed E-state index contributed by atoms with van der Waals surface area (Å²) >= 11 is 0. The number of amides is 1. The fraction of sp³-hybridized carbons (Fsp3) is 0.417. The summed E-state index contributed by atoms with van der Waals surface area (Å²) in [5, 5.41) is 15.6. The van der Waals surface area contributed by atoms with Gasteiger partial charge in [-0.2, -0.15) is 5.10 Å². The zero-order valence-corrected chi connectivity index (χ0v) is 19.9. The molecule has 0 spiro atoms. The Morgan fingerprint density at radius 1 is 1.15 bits per heavy atom. The Hall–Kier alpha value is -3.46. The molecular weight excluding hydrogens is 420 g/mol. The summed E-state index contributed by atoms with van der Waals surface area (Å²) in [5.41, 5.74) is 2.27. The summed E-state index contributed by atoms with van der Waals surface area (Å²) < 4.78 is 12.3. The molecule has 2 heterocycles. The van der Waals surface area contributed by atoms with Crippen LogP contribution in [0.25, 0.3) is 5.82 Å². The number of carbonyl (C=O) groups excluding carboxylic acids is 1. The second kappa shape index (κ2) is 11.4. The van der Waals surface area contributed by atoms with Gasteiger partial charge in [0.25, 0.3) is 5.91 Å². The quantitative estimate of drug-likeness (QED) is 0.477. The van der Waals surface area contributed by atoms with E-state index in [1.165, 1.54) is 0 Å². The number of nitrogens with zero attached hydrogens (tertiary/aromatic N) is 5. The van der Waals surface area contributed by atoms with Crippen LogP contribution in [0.2, 0.25) is 0 Å². The van der Waals surface area contributed by atoms with Crippen LogP contribution >= 0.6 is 0 Å². The molecule has 9 nitrogen and oxygen atoms in total. The number of methoxy groups -OCH3 is 1. The van der Waals surface area contributed by atoms with Crippen LogP contribution in [0.5, 0.6) is 11.6 Å². The van der Waals surface area contributed by atoms with Crippen molar-refractivity contribution in [2.45, 2.75) is 33.7 Å². The summed E-state index contributed by atoms with van der Waals surface area (Å²) in [4.78, 5) is 15.4. The van der Waals surface area contributed by atoms with Gasteiger partial charge in [-0.15, -0.1) is 10.2 Å². The average molecular weight is 453 g/mol. The molecule has 0 aliphatic heterocycles. The molecule has 1 N–H and O–H groups in total. The normalized spacial score (nSPS) is 11.9. The van der Waals surface area contributed by atoms with Crippen molar-refractivity contribution in [2.75, 3.05) is 33.4 Å². The predicted octanol–water partition coefficient (Wildman–Crippen LogP) is 3.19. The van der Waals surface area contributed by atoms with Gasteiger partial charge in [-0.3, -0.25) is 9.69 Å². The molecule has 0 aliphatic rings. The molecule has 0 radical (unpaired) electrons. The standard InChI is InChI=1S/C24H32N6O3/c1-6-29(7-2)21(18-10-9-11-19(14-18)32-5)16-25-24(31)20-15-26-30(17(20)4)22-12-13-23(28-27-22)33-8-3/h9-15,21H,6-8,16H2,1-5H3,(H,25,31). The maximum absolute atomic E-state index is 13.0. The third-order valence-corrected chi connectivity index (χ3v) is 5.58. The summed E-state index contributed by atoms with van der Waals surface area (Å²) in [7, 11) is 1.66. The van der Waals surface area contributed by atoms with E-state index >= 15 is 0 Å². The SMILES string of the molecule is CCOc1ccc(-n2ncc(C(=O)NCC(c3cccc(OC)c3)N(CC)CC)c2C)nn1. The first kappa shape index (κ1) is 24.2. The molecule has 0 bridgehead atoms. The average Bonchev–Trinajstić information content (AvgIpc) is 3.23. The van der Waals surface area contributed by atoms with Gasteiger partial charge in [-0.1, -0.05) is 26.0 Å². The van der Waals surface area contributed by atoms with E-state index in [-0.39, 0.29) is 11.9 Å². The van der Waals surface area contributed by atoms with Crippen molar-refractivity contribution in [2.24, 2.45) is 0 Å². The Bertz CT molecular complexity index is 1050. The molecule has 1 amide bonds. The third-order valence-electron chi connectivity index (χ3n) is 5.58. The van der Waals surface area contributed by atoms with Crippen LogP contribution in [0.3, 0.4) is 0 Å². The van der Waals surface area contributed by atoms with Crippen LogP contribution < -0.4 is 14.8 Å². The topological polar surface area (TPSA) is 94.4 Å². The van der Waals surface area contributed by atoms with Gasteiger partial charge in [-0.05, 0) is 50.7 Å². The Labute approximate surface area is 194 Å². The molecule has 3 aromatic rings. The van der Waals surface area contributed by atoms with Gasteiger partial charge < -0.3 is 14.8 Å². The molecular formula is C24H32N6O3. The van der Waals surface area contributed by atoms with Crippen molar-refractivity contribution >= 4 is 5.91 Å². The molecule has 1 atom stereocenters. The van der Waals surface area contributed by atoms with Crippen molar-refractivity contribution in [3.8, 4) is 17.4 Å². The Kier molecular flexibility index (Phi) is 8.37. The van der Waals surface area contributed by atoms with Crippen LogP contribution in [0, 0.1) is 6.92 Å². The molecule has 3 rings (SSSR count). The van der Waals surface area contributed by atoms with Gasteiger partial charge in [0.1, 0.15) is 5.75 Å². The number of rotatable bonds is 11. The molecule has 1 aromatic carbocycles. The van der Waals surface area contributed by atoms with E-state index in [2.05, 4.69) is 45.4 Å². The molecule has 0 saturated carbocycles. The number of nitrogens with one attached hydrogen (secondary N) is 1. The van der Waals surface area contributed by atoms with Crippen molar-refractivity contribution in [3.05, 3.63) is 59.4 Å². The van der Waals surface area contributed by atoms with E-state index < -0.39 is 0 Å². The van der Waals surface area contributed by atoms with Gasteiger partial charge in [0.05, 0.1) is 37.2 Å². The van der Waals surface area contributed by atoms with Gasteiger partial charge >= 0.3 is 0 Å². The molecule has 176 valence electrons. The van der Waals surface area contributed by atoms with E-state index in [0.717, 1.165) is 24.4 Å². The zero-order chi connectivity index (χ0) is 23.8. The molecule has 9 heteroatoms. The second-order valence-corrected chi connectivity index (χ2v) is 7.44. The molecule has 2 aromatic heterocycles. The highest BCUT2D eigenvalue weighted by atomic mass is 16.5. The van der Waals surface area contributed by atoms with Crippen LogP contribution in [0.4, 0.5) is 0 Å². The van der Waals surface area contributed by atoms with Crippen LogP contribution in [0.1, 0.15) is 48.4 Å². The lowest BCUT2D eigenvalue weighted by atomic mass is 10.0. The number of benzene rings is 1. The predicted molar refractivity (Wildman–Crippen MR) is 126 cm³/mol. The fourth-order valence-corrected chi connectivity index (χ4v) is 3.77. The lowest BCUT2D eigenvalue weighted by molar-refractivity contribution is 0.0934. The first-order valence-corrected chi connectivity index (χ1v) is 11.2. The molecule has 1 unspecified atom stereocenters. The first-order valence-electron chi connectivity index (χ1n) is 11.2. The monoisotopic (exact) mass is 452 g/mol. The molecule has 0 saturated heterocycles. The number of aromatic nitrogens is 4. The van der Waals surface area contributed by atoms with E-state index in [1.54, 1.807) is 30.1 Å². The van der Waals surface area contributed by atoms with Crippen LogP contribution in [-0.2, 0) is 0 Å². The number of ether oxygens (including phenoxy) is 2. The van der Waals surface area contributed by atoms with E-state index in [4.69, 9.17) is 9.47 Å². The Morgan fingerprint density at radius 3 is 2.58 bits per heavy atom. The Balaban J connectivity index is 1.76. The van der Waals surface area contributed by atoms with Crippen LogP contribution in [-0.4, -0.2) is 64.1 Å². The van der Waals surface area contributed by atoms with Crippen molar-refractivity contribution in [3.63, 3.8) is 0 Å². The number of hydrogen-bond acceptors (Lipinski definition) is 7. The fourth-order valence-electron chi connectivity index (χ4n) is 3.77. The maximum atomic E-state index is 13.0. The number of carbonyl (C=O) groups is 1. The van der Waals surface area contributed by atoms with Gasteiger partial charge in [-0.25, -0.2) is 4.68 Å². The lowest BCUT2D eigenvalue weighted by Crippen LogP contribution is -2.38. The largest absolute Gasteiger partial charge is 0.497 e. The zero-order valence-electron chi connectivity index (χ0n) is 19.9. The number of hydrogen-bond donors (Lipinski definition) is 1. The highest BCUT2D eigenvalue weighted by molar-refractivity contribution is 5.95. The van der Waals surface area contributed by atoms with Gasteiger partial charge in [0.15, 0.2) is 5.82 Å². The third kappa shape index (κ3) is 5.67. The lowest BCUT2D eigenvalue weighted by Gasteiger charge is -2.30. The van der Waals surface area contributed by atoms with Gasteiger partial charge in [0.2, 0.25) is 5.88 Å². The van der Waals surface area contributed by atoms with E-state index in [9.17, 15) is 4.79 Å². The summed E-state index contributed by atoms with van der Waals surface area (Å²) in [5.74, 6) is 1.58. The minimum atomic E-state index is -0.183. The van der Waals surface area contributed by atoms with Crippen molar-refractivity contribution < 1.29 is 14.3 Å². The highest BCUT2D eigenvalue weighted by Gasteiger charge is 2.22. The number of likely N-dealkylation sites (N-methyl/N-ethyl adjacent to an activating group) is 1. The smallest absolute Gasteiger partial charge is 0.254 e. The highest BCUT2D eigenvalue weighted by Crippen LogP contribution is 2.24. The maximum Gasteiger partial charge on any atom is 0.254 e. The second-order valence-electron chi connectivity index (χ2n) is 7.44. The summed E-state index contributed by atoms with van der Waals surface area (Å²) in [6, 6.07) is 11.5. The van der Waals surface area contributed by atoms with Crippen LogP contribution in [0.15, 0.2) is 42.6 Å².